The molecule has 92 valence electrons. The summed E-state index contributed by atoms with van der Waals surface area (Å²) in [5.74, 6) is 0. The molecule has 0 bridgehead atoms. The minimum Gasteiger partial charge on any atom is -0.387 e. The SMILES string of the molecule is CCN(CC)C(N(CC)CC)C(C)(C)O. The van der Waals surface area contributed by atoms with Gasteiger partial charge < -0.3 is 5.11 Å². The van der Waals surface area contributed by atoms with Crippen molar-refractivity contribution in [3.05, 3.63) is 0 Å². The summed E-state index contributed by atoms with van der Waals surface area (Å²) < 4.78 is 0. The summed E-state index contributed by atoms with van der Waals surface area (Å²) >= 11 is 0. The van der Waals surface area contributed by atoms with E-state index in [9.17, 15) is 5.11 Å². The smallest absolute Gasteiger partial charge is 0.0913 e. The number of aliphatic hydroxyl groups is 1. The van der Waals surface area contributed by atoms with Crippen molar-refractivity contribution in [1.82, 2.24) is 9.80 Å². The van der Waals surface area contributed by atoms with Crippen LogP contribution in [0.25, 0.3) is 0 Å². The van der Waals surface area contributed by atoms with E-state index >= 15 is 0 Å². The third kappa shape index (κ3) is 4.09. The van der Waals surface area contributed by atoms with Crippen LogP contribution in [0.5, 0.6) is 0 Å². The van der Waals surface area contributed by atoms with Gasteiger partial charge in [-0.2, -0.15) is 0 Å². The van der Waals surface area contributed by atoms with Crippen LogP contribution in [0.1, 0.15) is 41.5 Å². The molecule has 0 aromatic rings. The van der Waals surface area contributed by atoms with Crippen LogP contribution in [-0.2, 0) is 0 Å². The number of hydrogen-bond donors (Lipinski definition) is 1. The fourth-order valence-electron chi connectivity index (χ4n) is 2.26. The van der Waals surface area contributed by atoms with E-state index in [1.807, 2.05) is 13.8 Å². The van der Waals surface area contributed by atoms with Crippen LogP contribution >= 0.6 is 0 Å². The summed E-state index contributed by atoms with van der Waals surface area (Å²) in [6.07, 6.45) is 0.113. The number of rotatable bonds is 7. The molecular formula is C12H28N2O. The Morgan fingerprint density at radius 3 is 1.27 bits per heavy atom. The average Bonchev–Trinajstić information content (AvgIpc) is 2.17. The molecule has 0 fully saturated rings. The minimum absolute atomic E-state index is 0.113. The minimum atomic E-state index is -0.683. The quantitative estimate of drug-likeness (QED) is 0.657. The maximum atomic E-state index is 10.3. The topological polar surface area (TPSA) is 26.7 Å². The molecule has 0 spiro atoms. The zero-order valence-corrected chi connectivity index (χ0v) is 11.2. The molecule has 0 aliphatic carbocycles. The summed E-state index contributed by atoms with van der Waals surface area (Å²) in [5.41, 5.74) is -0.683. The van der Waals surface area contributed by atoms with Crippen molar-refractivity contribution in [1.29, 1.82) is 0 Å². The summed E-state index contributed by atoms with van der Waals surface area (Å²) in [4.78, 5) is 4.62. The van der Waals surface area contributed by atoms with Gasteiger partial charge in [-0.05, 0) is 40.0 Å². The summed E-state index contributed by atoms with van der Waals surface area (Å²) in [6, 6.07) is 0. The molecule has 0 heterocycles. The van der Waals surface area contributed by atoms with Gasteiger partial charge in [-0.1, -0.05) is 27.7 Å². The third-order valence-electron chi connectivity index (χ3n) is 2.95. The lowest BCUT2D eigenvalue weighted by molar-refractivity contribution is -0.0919. The van der Waals surface area contributed by atoms with Gasteiger partial charge in [-0.15, -0.1) is 0 Å². The Labute approximate surface area is 95.1 Å². The molecule has 0 amide bonds. The molecule has 3 heteroatoms. The first kappa shape index (κ1) is 14.9. The van der Waals surface area contributed by atoms with Gasteiger partial charge in [0, 0.05) is 0 Å². The van der Waals surface area contributed by atoms with Crippen LogP contribution in [0.15, 0.2) is 0 Å². The molecule has 0 aliphatic rings. The van der Waals surface area contributed by atoms with Crippen LogP contribution < -0.4 is 0 Å². The van der Waals surface area contributed by atoms with Crippen LogP contribution in [0.2, 0.25) is 0 Å². The molecule has 0 aliphatic heterocycles. The molecule has 3 nitrogen and oxygen atoms in total. The largest absolute Gasteiger partial charge is 0.387 e. The molecule has 0 aromatic carbocycles. The molecule has 0 aromatic heterocycles. The highest BCUT2D eigenvalue weighted by molar-refractivity contribution is 4.85. The zero-order valence-electron chi connectivity index (χ0n) is 11.2. The van der Waals surface area contributed by atoms with Crippen molar-refractivity contribution in [2.75, 3.05) is 26.2 Å². The van der Waals surface area contributed by atoms with E-state index in [2.05, 4.69) is 37.5 Å². The average molecular weight is 216 g/mol. The van der Waals surface area contributed by atoms with Gasteiger partial charge in [0.25, 0.3) is 0 Å². The van der Waals surface area contributed by atoms with E-state index in [1.54, 1.807) is 0 Å². The third-order valence-corrected chi connectivity index (χ3v) is 2.95. The van der Waals surface area contributed by atoms with E-state index in [4.69, 9.17) is 0 Å². The standard InChI is InChI=1S/C12H28N2O/c1-7-13(8-2)11(12(5,6)15)14(9-3)10-4/h11,15H,7-10H2,1-6H3. The van der Waals surface area contributed by atoms with Crippen LogP contribution in [0.4, 0.5) is 0 Å². The molecule has 0 rings (SSSR count). The lowest BCUT2D eigenvalue weighted by Gasteiger charge is -2.44. The van der Waals surface area contributed by atoms with Gasteiger partial charge >= 0.3 is 0 Å². The van der Waals surface area contributed by atoms with Crippen molar-refractivity contribution in [2.45, 2.75) is 53.3 Å². The molecule has 0 saturated heterocycles. The number of hydrogen-bond acceptors (Lipinski definition) is 3. The molecule has 0 radical (unpaired) electrons. The Bertz CT molecular complexity index is 145. The summed E-state index contributed by atoms with van der Waals surface area (Å²) in [7, 11) is 0. The first-order valence-corrected chi connectivity index (χ1v) is 6.12. The lowest BCUT2D eigenvalue weighted by atomic mass is 10.0. The van der Waals surface area contributed by atoms with Crippen LogP contribution in [0, 0.1) is 0 Å². The first-order valence-electron chi connectivity index (χ1n) is 6.12. The number of likely N-dealkylation sites (N-methyl/N-ethyl adjacent to an activating group) is 2. The van der Waals surface area contributed by atoms with E-state index in [1.165, 1.54) is 0 Å². The van der Waals surface area contributed by atoms with Gasteiger partial charge in [0.1, 0.15) is 0 Å². The fraction of sp³-hybridized carbons (Fsp3) is 1.00. The van der Waals surface area contributed by atoms with Crippen molar-refractivity contribution >= 4 is 0 Å². The van der Waals surface area contributed by atoms with Gasteiger partial charge in [0.2, 0.25) is 0 Å². The van der Waals surface area contributed by atoms with Crippen molar-refractivity contribution in [3.8, 4) is 0 Å². The van der Waals surface area contributed by atoms with Gasteiger partial charge in [-0.25, -0.2) is 0 Å². The summed E-state index contributed by atoms with van der Waals surface area (Å²) in [5, 5.41) is 10.3. The van der Waals surface area contributed by atoms with E-state index in [0.29, 0.717) is 0 Å². The second-order valence-electron chi connectivity index (χ2n) is 4.47. The second-order valence-corrected chi connectivity index (χ2v) is 4.47. The highest BCUT2D eigenvalue weighted by Crippen LogP contribution is 2.19. The highest BCUT2D eigenvalue weighted by atomic mass is 16.3. The van der Waals surface area contributed by atoms with Crippen molar-refractivity contribution < 1.29 is 5.11 Å². The van der Waals surface area contributed by atoms with E-state index in [0.717, 1.165) is 26.2 Å². The predicted molar refractivity (Wildman–Crippen MR) is 65.9 cm³/mol. The van der Waals surface area contributed by atoms with Crippen molar-refractivity contribution in [2.24, 2.45) is 0 Å². The predicted octanol–water partition coefficient (Wildman–Crippen LogP) is 1.77. The second kappa shape index (κ2) is 6.46. The van der Waals surface area contributed by atoms with Crippen LogP contribution in [-0.4, -0.2) is 52.9 Å². The number of nitrogens with zero attached hydrogens (tertiary/aromatic N) is 2. The Morgan fingerprint density at radius 1 is 0.867 bits per heavy atom. The first-order chi connectivity index (χ1) is 6.92. The zero-order chi connectivity index (χ0) is 12.1. The summed E-state index contributed by atoms with van der Waals surface area (Å²) in [6.45, 7) is 16.3. The van der Waals surface area contributed by atoms with Gasteiger partial charge in [0.05, 0.1) is 11.8 Å². The van der Waals surface area contributed by atoms with Gasteiger partial charge in [0.15, 0.2) is 0 Å². The Balaban J connectivity index is 4.85. The maximum Gasteiger partial charge on any atom is 0.0913 e. The molecular weight excluding hydrogens is 188 g/mol. The van der Waals surface area contributed by atoms with Crippen LogP contribution in [0.3, 0.4) is 0 Å². The van der Waals surface area contributed by atoms with Gasteiger partial charge in [-0.3, -0.25) is 9.80 Å². The lowest BCUT2D eigenvalue weighted by Crippen LogP contribution is -2.59. The Kier molecular flexibility index (Phi) is 6.41. The molecule has 0 atom stereocenters. The maximum absolute atomic E-state index is 10.3. The Hall–Kier alpha value is -0.120. The fourth-order valence-corrected chi connectivity index (χ4v) is 2.26. The van der Waals surface area contributed by atoms with Crippen molar-refractivity contribution in [3.63, 3.8) is 0 Å². The molecule has 1 N–H and O–H groups in total. The Morgan fingerprint density at radius 2 is 1.13 bits per heavy atom. The molecule has 15 heavy (non-hydrogen) atoms. The molecule has 0 unspecified atom stereocenters. The highest BCUT2D eigenvalue weighted by Gasteiger charge is 2.34. The van der Waals surface area contributed by atoms with E-state index < -0.39 is 5.60 Å². The normalized spacial score (nSPS) is 13.2. The molecule has 0 saturated carbocycles. The monoisotopic (exact) mass is 216 g/mol. The van der Waals surface area contributed by atoms with E-state index in [-0.39, 0.29) is 6.17 Å².